The van der Waals surface area contributed by atoms with Gasteiger partial charge in [-0.2, -0.15) is 0 Å². The molecule has 1 heterocycles. The van der Waals surface area contributed by atoms with Gasteiger partial charge < -0.3 is 10.2 Å². The minimum atomic E-state index is 0.368. The van der Waals surface area contributed by atoms with E-state index in [1.54, 1.807) is 6.39 Å². The summed E-state index contributed by atoms with van der Waals surface area (Å²) in [5, 5.41) is 0. The normalized spacial score (nSPS) is 42.5. The number of aromatic nitrogens is 1. The third-order valence-electron chi connectivity index (χ3n) is 6.29. The van der Waals surface area contributed by atoms with E-state index in [0.717, 1.165) is 28.9 Å². The first-order chi connectivity index (χ1) is 9.73. The van der Waals surface area contributed by atoms with Crippen molar-refractivity contribution in [3.63, 3.8) is 0 Å². The van der Waals surface area contributed by atoms with E-state index in [1.807, 2.05) is 0 Å². The highest BCUT2D eigenvalue weighted by atomic mass is 16.3. The molecule has 2 unspecified atom stereocenters. The second-order valence-electron chi connectivity index (χ2n) is 7.36. The van der Waals surface area contributed by atoms with Crippen LogP contribution in [0.15, 0.2) is 29.0 Å². The molecule has 4 saturated carbocycles. The summed E-state index contributed by atoms with van der Waals surface area (Å²) >= 11 is 0. The maximum Gasteiger partial charge on any atom is 0.181 e. The molecule has 6 rings (SSSR count). The quantitative estimate of drug-likeness (QED) is 0.864. The van der Waals surface area contributed by atoms with Gasteiger partial charge in [-0.1, -0.05) is 6.07 Å². The Balaban J connectivity index is 1.62. The van der Waals surface area contributed by atoms with Crippen LogP contribution in [-0.4, -0.2) is 11.0 Å². The van der Waals surface area contributed by atoms with Gasteiger partial charge in [-0.15, -0.1) is 0 Å². The molecule has 0 aliphatic heterocycles. The van der Waals surface area contributed by atoms with Crippen LogP contribution in [0.1, 0.15) is 37.7 Å². The number of hydrogen-bond acceptors (Lipinski definition) is 3. The Morgan fingerprint density at radius 1 is 1.15 bits per heavy atom. The summed E-state index contributed by atoms with van der Waals surface area (Å²) in [7, 11) is 0. The molecular formula is C17H20N2O. The molecule has 3 nitrogen and oxygen atoms in total. The summed E-state index contributed by atoms with van der Waals surface area (Å²) in [5.74, 6) is 2.39. The van der Waals surface area contributed by atoms with Gasteiger partial charge in [0.1, 0.15) is 5.52 Å². The number of nitrogens with zero attached hydrogens (tertiary/aromatic N) is 1. The molecule has 2 aromatic rings. The Labute approximate surface area is 118 Å². The molecule has 1 aromatic carbocycles. The van der Waals surface area contributed by atoms with Crippen LogP contribution in [-0.2, 0) is 5.41 Å². The van der Waals surface area contributed by atoms with E-state index >= 15 is 0 Å². The van der Waals surface area contributed by atoms with Gasteiger partial charge in [0.25, 0.3) is 0 Å². The molecule has 0 radical (unpaired) electrons. The third kappa shape index (κ3) is 1.37. The van der Waals surface area contributed by atoms with Crippen molar-refractivity contribution in [2.45, 2.75) is 43.6 Å². The predicted octanol–water partition coefficient (Wildman–Crippen LogP) is 3.23. The number of benzene rings is 1. The Morgan fingerprint density at radius 2 is 1.95 bits per heavy atom. The molecule has 1 aromatic heterocycles. The van der Waals surface area contributed by atoms with Crippen molar-refractivity contribution in [1.29, 1.82) is 0 Å². The summed E-state index contributed by atoms with van der Waals surface area (Å²) in [5.41, 5.74) is 10.2. The second kappa shape index (κ2) is 3.64. The smallest absolute Gasteiger partial charge is 0.181 e. The van der Waals surface area contributed by atoms with Crippen LogP contribution in [0.4, 0.5) is 0 Å². The van der Waals surface area contributed by atoms with E-state index in [9.17, 15) is 0 Å². The zero-order valence-corrected chi connectivity index (χ0v) is 11.6. The summed E-state index contributed by atoms with van der Waals surface area (Å²) < 4.78 is 5.51. The lowest BCUT2D eigenvalue weighted by molar-refractivity contribution is -0.0226. The van der Waals surface area contributed by atoms with Gasteiger partial charge in [0.05, 0.1) is 0 Å². The van der Waals surface area contributed by atoms with Gasteiger partial charge in [0, 0.05) is 6.04 Å². The minimum Gasteiger partial charge on any atom is -0.443 e. The molecule has 3 heteroatoms. The van der Waals surface area contributed by atoms with Crippen molar-refractivity contribution in [3.05, 3.63) is 30.2 Å². The van der Waals surface area contributed by atoms with E-state index in [1.165, 1.54) is 37.7 Å². The van der Waals surface area contributed by atoms with E-state index in [4.69, 9.17) is 10.2 Å². The molecule has 104 valence electrons. The maximum atomic E-state index is 6.45. The Morgan fingerprint density at radius 3 is 2.75 bits per heavy atom. The number of nitrogens with two attached hydrogens (primary N) is 1. The Hall–Kier alpha value is -1.35. The van der Waals surface area contributed by atoms with E-state index in [-0.39, 0.29) is 0 Å². The summed E-state index contributed by atoms with van der Waals surface area (Å²) in [6, 6.07) is 7.09. The van der Waals surface area contributed by atoms with Crippen LogP contribution in [0.3, 0.4) is 0 Å². The zero-order chi connectivity index (χ0) is 13.3. The van der Waals surface area contributed by atoms with E-state index in [0.29, 0.717) is 11.5 Å². The number of oxazole rings is 1. The second-order valence-corrected chi connectivity index (χ2v) is 7.36. The first-order valence-electron chi connectivity index (χ1n) is 7.83. The average Bonchev–Trinajstić information content (AvgIpc) is 2.91. The molecule has 4 fully saturated rings. The summed E-state index contributed by atoms with van der Waals surface area (Å²) in [6.45, 7) is 0. The van der Waals surface area contributed by atoms with Gasteiger partial charge in [-0.3, -0.25) is 0 Å². The lowest BCUT2D eigenvalue weighted by Crippen LogP contribution is -2.58. The standard InChI is InChI=1S/C17H20N2O/c18-16-11-3-10-4-12(16)8-17(6-10,7-11)13-1-2-14-15(5-13)20-9-19-14/h1-2,5,9-12,16H,3-4,6-8,18H2. The highest BCUT2D eigenvalue weighted by molar-refractivity contribution is 5.73. The van der Waals surface area contributed by atoms with Crippen LogP contribution in [0.25, 0.3) is 11.1 Å². The van der Waals surface area contributed by atoms with Crippen molar-refractivity contribution in [3.8, 4) is 0 Å². The highest BCUT2D eigenvalue weighted by Gasteiger charge is 2.54. The van der Waals surface area contributed by atoms with Crippen molar-refractivity contribution >= 4 is 11.1 Å². The number of rotatable bonds is 1. The van der Waals surface area contributed by atoms with Crippen molar-refractivity contribution in [2.24, 2.45) is 23.5 Å². The van der Waals surface area contributed by atoms with Gasteiger partial charge in [0.15, 0.2) is 12.0 Å². The number of fused-ring (bicyclic) bond motifs is 1. The Kier molecular flexibility index (Phi) is 2.06. The molecule has 20 heavy (non-hydrogen) atoms. The Bertz CT molecular complexity index is 660. The first kappa shape index (κ1) is 11.3. The maximum absolute atomic E-state index is 6.45. The first-order valence-corrected chi connectivity index (χ1v) is 7.83. The molecule has 0 amide bonds. The monoisotopic (exact) mass is 268 g/mol. The van der Waals surface area contributed by atoms with Gasteiger partial charge >= 0.3 is 0 Å². The lowest BCUT2D eigenvalue weighted by atomic mass is 9.46. The topological polar surface area (TPSA) is 52.0 Å². The molecule has 2 atom stereocenters. The lowest BCUT2D eigenvalue weighted by Gasteiger charge is -2.59. The summed E-state index contributed by atoms with van der Waals surface area (Å²) in [6.07, 6.45) is 8.19. The molecule has 2 N–H and O–H groups in total. The fourth-order valence-electron chi connectivity index (χ4n) is 5.60. The molecule has 0 saturated heterocycles. The van der Waals surface area contributed by atoms with Crippen LogP contribution >= 0.6 is 0 Å². The van der Waals surface area contributed by atoms with Gasteiger partial charge in [-0.25, -0.2) is 4.98 Å². The van der Waals surface area contributed by atoms with Crippen molar-refractivity contribution in [2.75, 3.05) is 0 Å². The molecule has 4 bridgehead atoms. The van der Waals surface area contributed by atoms with Crippen LogP contribution in [0.5, 0.6) is 0 Å². The van der Waals surface area contributed by atoms with Crippen LogP contribution < -0.4 is 5.73 Å². The average molecular weight is 268 g/mol. The fourth-order valence-corrected chi connectivity index (χ4v) is 5.60. The zero-order valence-electron chi connectivity index (χ0n) is 11.6. The number of hydrogen-bond donors (Lipinski definition) is 1. The minimum absolute atomic E-state index is 0.368. The molecular weight excluding hydrogens is 248 g/mol. The summed E-state index contributed by atoms with van der Waals surface area (Å²) in [4.78, 5) is 4.23. The molecule has 0 spiro atoms. The third-order valence-corrected chi connectivity index (χ3v) is 6.29. The fraction of sp³-hybridized carbons (Fsp3) is 0.588. The van der Waals surface area contributed by atoms with Gasteiger partial charge in [0.2, 0.25) is 0 Å². The largest absolute Gasteiger partial charge is 0.443 e. The van der Waals surface area contributed by atoms with E-state index < -0.39 is 0 Å². The molecule has 4 aliphatic rings. The van der Waals surface area contributed by atoms with E-state index in [2.05, 4.69) is 23.2 Å². The predicted molar refractivity (Wildman–Crippen MR) is 77.2 cm³/mol. The van der Waals surface area contributed by atoms with Gasteiger partial charge in [-0.05, 0) is 73.0 Å². The van der Waals surface area contributed by atoms with Crippen LogP contribution in [0.2, 0.25) is 0 Å². The van der Waals surface area contributed by atoms with Crippen molar-refractivity contribution < 1.29 is 4.42 Å². The van der Waals surface area contributed by atoms with Crippen LogP contribution in [0, 0.1) is 17.8 Å². The van der Waals surface area contributed by atoms with Crippen molar-refractivity contribution in [1.82, 2.24) is 4.98 Å². The SMILES string of the molecule is NC1C2CC3CC1CC(c1ccc4ncoc4c1)(C3)C2. The molecule has 4 aliphatic carbocycles. The highest BCUT2D eigenvalue weighted by Crippen LogP contribution is 2.60.